The fourth-order valence-corrected chi connectivity index (χ4v) is 3.84. The molecule has 0 aliphatic rings. The second-order valence-electron chi connectivity index (χ2n) is 5.46. The average Bonchev–Trinajstić information content (AvgIpc) is 2.52. The maximum atomic E-state index is 12.4. The number of nitrogens with zero attached hydrogens (tertiary/aromatic N) is 1. The van der Waals surface area contributed by atoms with E-state index in [1.807, 2.05) is 32.0 Å². The minimum Gasteiger partial charge on any atom is -0.457 e. The highest BCUT2D eigenvalue weighted by molar-refractivity contribution is 9.11. The van der Waals surface area contributed by atoms with Crippen molar-refractivity contribution in [3.05, 3.63) is 65.1 Å². The zero-order valence-corrected chi connectivity index (χ0v) is 16.6. The lowest BCUT2D eigenvalue weighted by Gasteiger charge is -2.15. The van der Waals surface area contributed by atoms with Gasteiger partial charge in [-0.25, -0.2) is 4.79 Å². The summed E-state index contributed by atoms with van der Waals surface area (Å²) in [6, 6.07) is 7.03. The van der Waals surface area contributed by atoms with Gasteiger partial charge >= 0.3 is 5.63 Å². The van der Waals surface area contributed by atoms with Crippen LogP contribution in [0.25, 0.3) is 11.1 Å². The Bertz CT molecular complexity index is 1040. The van der Waals surface area contributed by atoms with Crippen molar-refractivity contribution in [2.24, 2.45) is 0 Å². The smallest absolute Gasteiger partial charge is 0.337 e. The van der Waals surface area contributed by atoms with Crippen LogP contribution in [0.15, 0.2) is 47.2 Å². The Balaban J connectivity index is 2.02. The van der Waals surface area contributed by atoms with Gasteiger partial charge in [0.15, 0.2) is 0 Å². The molecule has 0 saturated heterocycles. The number of aromatic amines is 1. The molecule has 3 rings (SSSR count). The predicted molar refractivity (Wildman–Crippen MR) is 101 cm³/mol. The second kappa shape index (κ2) is 7.13. The Hall–Kier alpha value is -1.93. The molecule has 0 aliphatic carbocycles. The number of ether oxygens (including phenoxy) is 1. The van der Waals surface area contributed by atoms with E-state index in [1.54, 1.807) is 0 Å². The molecule has 0 bridgehead atoms. The Morgan fingerprint density at radius 2 is 1.88 bits per heavy atom. The summed E-state index contributed by atoms with van der Waals surface area (Å²) < 4.78 is 12.6. The van der Waals surface area contributed by atoms with Crippen molar-refractivity contribution in [1.29, 1.82) is 0 Å². The summed E-state index contributed by atoms with van der Waals surface area (Å²) in [5.41, 5.74) is 0.509. The van der Waals surface area contributed by atoms with Gasteiger partial charge in [-0.2, -0.15) is 4.98 Å². The molecule has 0 amide bonds. The van der Waals surface area contributed by atoms with Crippen LogP contribution in [0.2, 0.25) is 0 Å². The Labute approximate surface area is 159 Å². The number of halogens is 2. The molecule has 3 aromatic rings. The minimum atomic E-state index is -0.544. The Morgan fingerprint density at radius 3 is 2.52 bits per heavy atom. The van der Waals surface area contributed by atoms with E-state index in [4.69, 9.17) is 9.15 Å². The number of rotatable bonds is 4. The quantitative estimate of drug-likeness (QED) is 0.621. The molecule has 1 aromatic carbocycles. The predicted octanol–water partition coefficient (Wildman–Crippen LogP) is 4.10. The van der Waals surface area contributed by atoms with Crippen LogP contribution in [0, 0.1) is 0 Å². The third-order valence-corrected chi connectivity index (χ3v) is 4.61. The number of aromatic nitrogens is 2. The highest BCUT2D eigenvalue weighted by Crippen LogP contribution is 2.26. The summed E-state index contributed by atoms with van der Waals surface area (Å²) in [5, 5.41) is 0.271. The van der Waals surface area contributed by atoms with E-state index in [0.29, 0.717) is 12.0 Å². The highest BCUT2D eigenvalue weighted by atomic mass is 79.9. The average molecular weight is 470 g/mol. The summed E-state index contributed by atoms with van der Waals surface area (Å²) >= 11 is 6.85. The zero-order valence-electron chi connectivity index (χ0n) is 13.4. The van der Waals surface area contributed by atoms with Crippen LogP contribution >= 0.6 is 31.9 Å². The summed E-state index contributed by atoms with van der Waals surface area (Å²) in [7, 11) is 0. The molecule has 1 N–H and O–H groups in total. The molecule has 25 heavy (non-hydrogen) atoms. The fourth-order valence-electron chi connectivity index (χ4n) is 2.51. The monoisotopic (exact) mass is 468 g/mol. The summed E-state index contributed by atoms with van der Waals surface area (Å²) in [4.78, 5) is 30.7. The lowest BCUT2D eigenvalue weighted by molar-refractivity contribution is 0.206. The normalized spacial score (nSPS) is 12.3. The molecular formula is C17H14Br2N2O4. The molecule has 0 unspecified atom stereocenters. The van der Waals surface area contributed by atoms with E-state index in [0.717, 1.165) is 14.5 Å². The van der Waals surface area contributed by atoms with Crippen LogP contribution < -0.4 is 15.9 Å². The van der Waals surface area contributed by atoms with Crippen molar-refractivity contribution in [2.45, 2.75) is 26.4 Å². The molecule has 0 spiro atoms. The lowest BCUT2D eigenvalue weighted by Crippen LogP contribution is -2.16. The highest BCUT2D eigenvalue weighted by Gasteiger charge is 2.15. The molecule has 0 saturated carbocycles. The van der Waals surface area contributed by atoms with Crippen molar-refractivity contribution >= 4 is 43.0 Å². The number of hydrogen-bond donors (Lipinski definition) is 1. The van der Waals surface area contributed by atoms with Crippen LogP contribution in [0.5, 0.6) is 6.01 Å². The summed E-state index contributed by atoms with van der Waals surface area (Å²) in [6.45, 7) is 3.68. The zero-order chi connectivity index (χ0) is 18.1. The molecule has 0 fully saturated rings. The van der Waals surface area contributed by atoms with Gasteiger partial charge < -0.3 is 9.15 Å². The molecule has 130 valence electrons. The SMILES string of the molecule is CCc1cc(=O)oc2nc(O[C@H](C)c3cc(Br)cc(Br)c3)[nH]c(=O)c12. The van der Waals surface area contributed by atoms with E-state index < -0.39 is 11.2 Å². The molecule has 0 radical (unpaired) electrons. The molecule has 2 aromatic heterocycles. The van der Waals surface area contributed by atoms with Gasteiger partial charge in [-0.3, -0.25) is 9.78 Å². The first-order valence-electron chi connectivity index (χ1n) is 7.57. The second-order valence-corrected chi connectivity index (χ2v) is 7.29. The van der Waals surface area contributed by atoms with Gasteiger partial charge in [0.25, 0.3) is 11.6 Å². The maximum Gasteiger partial charge on any atom is 0.337 e. The first-order valence-corrected chi connectivity index (χ1v) is 9.15. The van der Waals surface area contributed by atoms with Crippen molar-refractivity contribution < 1.29 is 9.15 Å². The number of fused-ring (bicyclic) bond motifs is 1. The summed E-state index contributed by atoms with van der Waals surface area (Å²) in [6.07, 6.45) is 0.144. The van der Waals surface area contributed by atoms with Crippen LogP contribution in [0.1, 0.15) is 31.1 Å². The molecule has 1 atom stereocenters. The van der Waals surface area contributed by atoms with E-state index >= 15 is 0 Å². The van der Waals surface area contributed by atoms with Gasteiger partial charge in [0.2, 0.25) is 5.71 Å². The third-order valence-electron chi connectivity index (χ3n) is 3.70. The minimum absolute atomic E-state index is 0.00231. The number of nitrogens with one attached hydrogen (secondary N) is 1. The van der Waals surface area contributed by atoms with Crippen molar-refractivity contribution in [1.82, 2.24) is 9.97 Å². The number of aryl methyl sites for hydroxylation is 1. The van der Waals surface area contributed by atoms with Crippen LogP contribution in [-0.2, 0) is 6.42 Å². The van der Waals surface area contributed by atoms with Gasteiger partial charge in [0, 0.05) is 15.0 Å². The van der Waals surface area contributed by atoms with Crippen LogP contribution in [0.4, 0.5) is 0 Å². The number of H-pyrrole nitrogens is 1. The van der Waals surface area contributed by atoms with E-state index in [2.05, 4.69) is 41.8 Å². The first kappa shape index (κ1) is 17.9. The van der Waals surface area contributed by atoms with Crippen molar-refractivity contribution in [3.63, 3.8) is 0 Å². The number of benzene rings is 1. The standard InChI is InChI=1S/C17H14Br2N2O4/c1-3-9-6-13(22)25-16-14(9)15(23)20-17(21-16)24-8(2)10-4-11(18)7-12(19)5-10/h4-8H,3H2,1-2H3,(H,20,21,23)/t8-/m1/s1. The molecule has 6 nitrogen and oxygen atoms in total. The van der Waals surface area contributed by atoms with Gasteiger partial charge in [-0.05, 0) is 42.7 Å². The third kappa shape index (κ3) is 3.85. The van der Waals surface area contributed by atoms with Crippen LogP contribution in [0.3, 0.4) is 0 Å². The maximum absolute atomic E-state index is 12.4. The van der Waals surface area contributed by atoms with Crippen molar-refractivity contribution in [2.75, 3.05) is 0 Å². The van der Waals surface area contributed by atoms with E-state index in [-0.39, 0.29) is 23.2 Å². The lowest BCUT2D eigenvalue weighted by atomic mass is 10.1. The summed E-state index contributed by atoms with van der Waals surface area (Å²) in [5.74, 6) is 0. The number of hydrogen-bond acceptors (Lipinski definition) is 5. The molecular weight excluding hydrogens is 456 g/mol. The first-order chi connectivity index (χ1) is 11.9. The largest absolute Gasteiger partial charge is 0.457 e. The molecule has 2 heterocycles. The van der Waals surface area contributed by atoms with Gasteiger partial charge in [0.05, 0.1) is 0 Å². The molecule has 8 heteroatoms. The van der Waals surface area contributed by atoms with E-state index in [1.165, 1.54) is 6.07 Å². The van der Waals surface area contributed by atoms with Gasteiger partial charge in [-0.15, -0.1) is 0 Å². The Morgan fingerprint density at radius 1 is 1.20 bits per heavy atom. The van der Waals surface area contributed by atoms with Crippen LogP contribution in [-0.4, -0.2) is 9.97 Å². The fraction of sp³-hybridized carbons (Fsp3) is 0.235. The van der Waals surface area contributed by atoms with E-state index in [9.17, 15) is 9.59 Å². The Kier molecular flexibility index (Phi) is 5.10. The molecule has 0 aliphatic heterocycles. The van der Waals surface area contributed by atoms with Crippen molar-refractivity contribution in [3.8, 4) is 6.01 Å². The van der Waals surface area contributed by atoms with Gasteiger partial charge in [-0.1, -0.05) is 38.8 Å². The topological polar surface area (TPSA) is 85.2 Å². The van der Waals surface area contributed by atoms with Gasteiger partial charge in [0.1, 0.15) is 11.5 Å².